The molecule has 0 N–H and O–H groups in total. The normalized spacial score (nSPS) is 10.1. The zero-order valence-electron chi connectivity index (χ0n) is 7.38. The second kappa shape index (κ2) is 4.82. The number of hydrogen-bond acceptors (Lipinski definition) is 2. The van der Waals surface area contributed by atoms with Crippen molar-refractivity contribution >= 4 is 34.3 Å². The van der Waals surface area contributed by atoms with Crippen LogP contribution in [-0.4, -0.2) is 11.5 Å². The Morgan fingerprint density at radius 3 is 2.77 bits per heavy atom. The van der Waals surface area contributed by atoms with E-state index < -0.39 is 0 Å². The Bertz CT molecular complexity index is 323. The third-order valence-electron chi connectivity index (χ3n) is 1.80. The summed E-state index contributed by atoms with van der Waals surface area (Å²) in [5.41, 5.74) is 2.21. The Kier molecular flexibility index (Phi) is 4.00. The molecule has 0 fully saturated rings. The predicted molar refractivity (Wildman–Crippen MR) is 61.4 cm³/mol. The number of Topliss-reactive ketones (excluding diaryl/α,β-unsaturated/α-hetero) is 1. The van der Waals surface area contributed by atoms with E-state index in [-0.39, 0.29) is 5.78 Å². The van der Waals surface area contributed by atoms with Crippen LogP contribution in [-0.2, 0) is 11.2 Å². The van der Waals surface area contributed by atoms with Gasteiger partial charge in [-0.3, -0.25) is 4.79 Å². The average Bonchev–Trinajstić information content (AvgIpc) is 2.11. The zero-order valence-corrected chi connectivity index (χ0v) is 9.86. The SMILES string of the molecule is Cc1cc(CC(=O)CS)ccc1Br. The van der Waals surface area contributed by atoms with E-state index in [1.54, 1.807) is 0 Å². The fourth-order valence-electron chi connectivity index (χ4n) is 1.10. The van der Waals surface area contributed by atoms with E-state index in [1.807, 2.05) is 25.1 Å². The molecule has 0 heterocycles. The molecular weight excluding hydrogens is 248 g/mol. The molecule has 1 aromatic carbocycles. The minimum Gasteiger partial charge on any atom is -0.298 e. The van der Waals surface area contributed by atoms with E-state index in [0.717, 1.165) is 15.6 Å². The van der Waals surface area contributed by atoms with Crippen molar-refractivity contribution in [2.75, 3.05) is 5.75 Å². The van der Waals surface area contributed by atoms with Crippen molar-refractivity contribution in [3.8, 4) is 0 Å². The van der Waals surface area contributed by atoms with E-state index in [2.05, 4.69) is 28.6 Å². The van der Waals surface area contributed by atoms with Gasteiger partial charge in [0.1, 0.15) is 5.78 Å². The van der Waals surface area contributed by atoms with Crippen LogP contribution in [0, 0.1) is 6.92 Å². The third kappa shape index (κ3) is 3.16. The standard InChI is InChI=1S/C10H11BrOS/c1-7-4-8(2-3-10(7)11)5-9(12)6-13/h2-4,13H,5-6H2,1H3. The lowest BCUT2D eigenvalue weighted by molar-refractivity contribution is -0.115. The summed E-state index contributed by atoms with van der Waals surface area (Å²) in [6, 6.07) is 5.94. The molecule has 0 spiro atoms. The van der Waals surface area contributed by atoms with E-state index in [4.69, 9.17) is 0 Å². The first-order valence-corrected chi connectivity index (χ1v) is 5.43. The molecule has 0 radical (unpaired) electrons. The van der Waals surface area contributed by atoms with Gasteiger partial charge in [0.25, 0.3) is 0 Å². The Balaban J connectivity index is 2.79. The zero-order chi connectivity index (χ0) is 9.84. The summed E-state index contributed by atoms with van der Waals surface area (Å²) < 4.78 is 1.08. The topological polar surface area (TPSA) is 17.1 Å². The fourth-order valence-corrected chi connectivity index (χ4v) is 1.46. The van der Waals surface area contributed by atoms with Crippen molar-refractivity contribution < 1.29 is 4.79 Å². The molecule has 70 valence electrons. The highest BCUT2D eigenvalue weighted by molar-refractivity contribution is 9.10. The number of hydrogen-bond donors (Lipinski definition) is 1. The minimum absolute atomic E-state index is 0.157. The Morgan fingerprint density at radius 2 is 2.23 bits per heavy atom. The second-order valence-electron chi connectivity index (χ2n) is 2.96. The lowest BCUT2D eigenvalue weighted by Crippen LogP contribution is -2.03. The van der Waals surface area contributed by atoms with E-state index >= 15 is 0 Å². The van der Waals surface area contributed by atoms with Gasteiger partial charge >= 0.3 is 0 Å². The molecule has 1 aromatic rings. The fraction of sp³-hybridized carbons (Fsp3) is 0.300. The van der Waals surface area contributed by atoms with Crippen molar-refractivity contribution in [1.29, 1.82) is 0 Å². The molecule has 0 aliphatic rings. The van der Waals surface area contributed by atoms with Crippen LogP contribution in [0.1, 0.15) is 11.1 Å². The summed E-state index contributed by atoms with van der Waals surface area (Å²) in [4.78, 5) is 11.1. The maximum atomic E-state index is 11.1. The van der Waals surface area contributed by atoms with Crippen LogP contribution >= 0.6 is 28.6 Å². The van der Waals surface area contributed by atoms with Gasteiger partial charge in [0, 0.05) is 16.6 Å². The van der Waals surface area contributed by atoms with E-state index in [9.17, 15) is 4.79 Å². The van der Waals surface area contributed by atoms with Gasteiger partial charge in [0.2, 0.25) is 0 Å². The van der Waals surface area contributed by atoms with Gasteiger partial charge in [-0.25, -0.2) is 0 Å². The van der Waals surface area contributed by atoms with Crippen LogP contribution in [0.4, 0.5) is 0 Å². The van der Waals surface area contributed by atoms with Crippen LogP contribution in [0.2, 0.25) is 0 Å². The van der Waals surface area contributed by atoms with Gasteiger partial charge in [0.05, 0.1) is 0 Å². The minimum atomic E-state index is 0.157. The molecule has 0 saturated carbocycles. The van der Waals surface area contributed by atoms with Crippen molar-refractivity contribution in [3.05, 3.63) is 33.8 Å². The van der Waals surface area contributed by atoms with Crippen LogP contribution in [0.5, 0.6) is 0 Å². The van der Waals surface area contributed by atoms with Crippen LogP contribution < -0.4 is 0 Å². The second-order valence-corrected chi connectivity index (χ2v) is 4.13. The first kappa shape index (κ1) is 10.8. The van der Waals surface area contributed by atoms with Crippen LogP contribution in [0.15, 0.2) is 22.7 Å². The van der Waals surface area contributed by atoms with Crippen molar-refractivity contribution in [1.82, 2.24) is 0 Å². The summed E-state index contributed by atoms with van der Waals surface area (Å²) in [6.45, 7) is 2.01. The van der Waals surface area contributed by atoms with Crippen LogP contribution in [0.3, 0.4) is 0 Å². The summed E-state index contributed by atoms with van der Waals surface area (Å²) in [7, 11) is 0. The summed E-state index contributed by atoms with van der Waals surface area (Å²) in [5.74, 6) is 0.472. The molecule has 0 unspecified atom stereocenters. The summed E-state index contributed by atoms with van der Waals surface area (Å²) in [6.07, 6.45) is 0.484. The summed E-state index contributed by atoms with van der Waals surface area (Å²) >= 11 is 7.35. The number of ketones is 1. The van der Waals surface area contributed by atoms with Crippen LogP contribution in [0.25, 0.3) is 0 Å². The molecule has 1 nitrogen and oxygen atoms in total. The number of carbonyl (C=O) groups is 1. The van der Waals surface area contributed by atoms with Gasteiger partial charge in [-0.15, -0.1) is 0 Å². The number of carbonyl (C=O) groups excluding carboxylic acids is 1. The molecule has 0 atom stereocenters. The number of benzene rings is 1. The van der Waals surface area contributed by atoms with Gasteiger partial charge in [0.15, 0.2) is 0 Å². The van der Waals surface area contributed by atoms with Crippen molar-refractivity contribution in [2.24, 2.45) is 0 Å². The number of rotatable bonds is 3. The molecule has 3 heteroatoms. The average molecular weight is 259 g/mol. The molecular formula is C10H11BrOS. The molecule has 0 amide bonds. The molecule has 0 bridgehead atoms. The number of halogens is 1. The molecule has 1 rings (SSSR count). The maximum Gasteiger partial charge on any atom is 0.146 e. The van der Waals surface area contributed by atoms with Gasteiger partial charge < -0.3 is 0 Å². The Morgan fingerprint density at radius 1 is 1.54 bits per heavy atom. The van der Waals surface area contributed by atoms with Gasteiger partial charge in [-0.2, -0.15) is 12.6 Å². The highest BCUT2D eigenvalue weighted by Gasteiger charge is 2.02. The first-order chi connectivity index (χ1) is 6.13. The predicted octanol–water partition coefficient (Wildman–Crippen LogP) is 2.80. The molecule has 0 saturated heterocycles. The highest BCUT2D eigenvalue weighted by atomic mass is 79.9. The molecule has 13 heavy (non-hydrogen) atoms. The highest BCUT2D eigenvalue weighted by Crippen LogP contribution is 2.17. The van der Waals surface area contributed by atoms with Gasteiger partial charge in [-0.1, -0.05) is 28.1 Å². The molecule has 0 aliphatic heterocycles. The first-order valence-electron chi connectivity index (χ1n) is 4.01. The van der Waals surface area contributed by atoms with Gasteiger partial charge in [-0.05, 0) is 24.1 Å². The Labute approximate surface area is 92.1 Å². The largest absolute Gasteiger partial charge is 0.298 e. The third-order valence-corrected chi connectivity index (χ3v) is 3.04. The van der Waals surface area contributed by atoms with Crippen molar-refractivity contribution in [3.63, 3.8) is 0 Å². The lowest BCUT2D eigenvalue weighted by Gasteiger charge is -2.02. The number of thiol groups is 1. The molecule has 0 aliphatic carbocycles. The Hall–Kier alpha value is -0.280. The summed E-state index contributed by atoms with van der Waals surface area (Å²) in [5, 5.41) is 0. The van der Waals surface area contributed by atoms with E-state index in [1.165, 1.54) is 0 Å². The maximum absolute atomic E-state index is 11.1. The number of aryl methyl sites for hydroxylation is 1. The van der Waals surface area contributed by atoms with Crippen molar-refractivity contribution in [2.45, 2.75) is 13.3 Å². The van der Waals surface area contributed by atoms with E-state index in [0.29, 0.717) is 12.2 Å². The monoisotopic (exact) mass is 258 g/mol. The smallest absolute Gasteiger partial charge is 0.146 e. The molecule has 0 aromatic heterocycles. The quantitative estimate of drug-likeness (QED) is 0.826. The lowest BCUT2D eigenvalue weighted by atomic mass is 10.1.